The zero-order chi connectivity index (χ0) is 13.9. The van der Waals surface area contributed by atoms with Gasteiger partial charge in [0.2, 0.25) is 0 Å². The van der Waals surface area contributed by atoms with Gasteiger partial charge < -0.3 is 14.9 Å². The van der Waals surface area contributed by atoms with Crippen molar-refractivity contribution in [1.82, 2.24) is 9.88 Å². The van der Waals surface area contributed by atoms with Crippen molar-refractivity contribution < 1.29 is 13.9 Å². The molecule has 0 aliphatic carbocycles. The number of morpholine rings is 1. The largest absolute Gasteiger partial charge is 0.462 e. The minimum absolute atomic E-state index is 0.364. The summed E-state index contributed by atoms with van der Waals surface area (Å²) in [6.07, 6.45) is 1.36. The molecular formula is C13H15N3O3S. The van der Waals surface area contributed by atoms with Crippen LogP contribution in [0.4, 0.5) is 0 Å². The third kappa shape index (κ3) is 2.90. The molecule has 1 amide bonds. The van der Waals surface area contributed by atoms with Crippen LogP contribution in [0.2, 0.25) is 0 Å². The molecule has 2 aromatic heterocycles. The highest BCUT2D eigenvalue weighted by molar-refractivity contribution is 7.09. The summed E-state index contributed by atoms with van der Waals surface area (Å²) in [5, 5.41) is 2.96. The molecule has 1 fully saturated rings. The quantitative estimate of drug-likeness (QED) is 0.919. The van der Waals surface area contributed by atoms with E-state index >= 15 is 0 Å². The molecule has 0 atom stereocenters. The second-order valence-electron chi connectivity index (χ2n) is 4.58. The number of nitrogens with zero attached hydrogens (tertiary/aromatic N) is 2. The maximum atomic E-state index is 11.0. The molecule has 0 spiro atoms. The van der Waals surface area contributed by atoms with Crippen LogP contribution < -0.4 is 5.73 Å². The summed E-state index contributed by atoms with van der Waals surface area (Å²) in [4.78, 5) is 17.9. The Morgan fingerprint density at radius 1 is 1.45 bits per heavy atom. The Balaban J connectivity index is 1.70. The van der Waals surface area contributed by atoms with Crippen LogP contribution >= 0.6 is 11.3 Å². The third-order valence-electron chi connectivity index (χ3n) is 3.15. The van der Waals surface area contributed by atoms with Crippen LogP contribution in [0.3, 0.4) is 0 Å². The van der Waals surface area contributed by atoms with Crippen LogP contribution in [0.1, 0.15) is 15.4 Å². The lowest BCUT2D eigenvalue weighted by Crippen LogP contribution is -2.35. The second-order valence-corrected chi connectivity index (χ2v) is 5.52. The lowest BCUT2D eigenvalue weighted by Gasteiger charge is -2.25. The Morgan fingerprint density at radius 2 is 2.25 bits per heavy atom. The van der Waals surface area contributed by atoms with Gasteiger partial charge in [-0.15, -0.1) is 11.3 Å². The minimum Gasteiger partial charge on any atom is -0.462 e. The Hall–Kier alpha value is -1.70. The number of thiazole rings is 1. The number of hydrogen-bond donors (Lipinski definition) is 1. The average molecular weight is 293 g/mol. The first-order valence-electron chi connectivity index (χ1n) is 6.35. The van der Waals surface area contributed by atoms with Gasteiger partial charge in [0.25, 0.3) is 5.91 Å². The van der Waals surface area contributed by atoms with E-state index in [1.807, 2.05) is 5.38 Å². The molecule has 20 heavy (non-hydrogen) atoms. The first-order valence-corrected chi connectivity index (χ1v) is 7.23. The number of ether oxygens (including phenoxy) is 1. The van der Waals surface area contributed by atoms with Gasteiger partial charge in [0.1, 0.15) is 17.0 Å². The number of furan rings is 1. The first-order chi connectivity index (χ1) is 9.72. The summed E-state index contributed by atoms with van der Waals surface area (Å²) in [6, 6.07) is 1.62. The Kier molecular flexibility index (Phi) is 3.81. The van der Waals surface area contributed by atoms with Gasteiger partial charge in [-0.05, 0) is 6.07 Å². The molecule has 1 aliphatic heterocycles. The van der Waals surface area contributed by atoms with Crippen molar-refractivity contribution in [3.63, 3.8) is 0 Å². The van der Waals surface area contributed by atoms with E-state index in [4.69, 9.17) is 14.9 Å². The van der Waals surface area contributed by atoms with Gasteiger partial charge in [0.15, 0.2) is 5.76 Å². The van der Waals surface area contributed by atoms with E-state index in [1.54, 1.807) is 17.4 Å². The van der Waals surface area contributed by atoms with Gasteiger partial charge >= 0.3 is 0 Å². The lowest BCUT2D eigenvalue weighted by atomic mass is 10.3. The summed E-state index contributed by atoms with van der Waals surface area (Å²) in [7, 11) is 0. The number of hydrogen-bond acceptors (Lipinski definition) is 6. The van der Waals surface area contributed by atoms with Crippen molar-refractivity contribution in [2.24, 2.45) is 5.73 Å². The molecular weight excluding hydrogens is 278 g/mol. The highest BCUT2D eigenvalue weighted by Crippen LogP contribution is 2.24. The smallest absolute Gasteiger partial charge is 0.251 e. The topological polar surface area (TPSA) is 81.6 Å². The van der Waals surface area contributed by atoms with E-state index in [0.717, 1.165) is 43.5 Å². The second kappa shape index (κ2) is 5.74. The fraction of sp³-hybridized carbons (Fsp3) is 0.385. The third-order valence-corrected chi connectivity index (χ3v) is 3.98. The van der Waals surface area contributed by atoms with Gasteiger partial charge in [-0.25, -0.2) is 4.98 Å². The highest BCUT2D eigenvalue weighted by Gasteiger charge is 2.15. The maximum Gasteiger partial charge on any atom is 0.251 e. The van der Waals surface area contributed by atoms with Crippen LogP contribution in [-0.2, 0) is 11.3 Å². The molecule has 3 heterocycles. The zero-order valence-electron chi connectivity index (χ0n) is 10.9. The van der Waals surface area contributed by atoms with Crippen LogP contribution in [-0.4, -0.2) is 42.1 Å². The summed E-state index contributed by atoms with van der Waals surface area (Å²) in [5.74, 6) is 0.0760. The monoisotopic (exact) mass is 293 g/mol. The van der Waals surface area contributed by atoms with Crippen LogP contribution in [0.15, 0.2) is 22.1 Å². The zero-order valence-corrected chi connectivity index (χ0v) is 11.7. The Bertz CT molecular complexity index is 602. The van der Waals surface area contributed by atoms with Gasteiger partial charge in [-0.2, -0.15) is 0 Å². The number of primary amides is 1. The fourth-order valence-electron chi connectivity index (χ4n) is 2.05. The molecule has 6 nitrogen and oxygen atoms in total. The van der Waals surface area contributed by atoms with Crippen LogP contribution in [0.5, 0.6) is 0 Å². The van der Waals surface area contributed by atoms with Crippen molar-refractivity contribution in [3.8, 4) is 11.5 Å². The van der Waals surface area contributed by atoms with Crippen molar-refractivity contribution in [2.45, 2.75) is 6.54 Å². The molecule has 2 N–H and O–H groups in total. The van der Waals surface area contributed by atoms with E-state index in [1.165, 1.54) is 6.26 Å². The van der Waals surface area contributed by atoms with Gasteiger partial charge in [-0.3, -0.25) is 9.69 Å². The maximum absolute atomic E-state index is 11.0. The van der Waals surface area contributed by atoms with Crippen LogP contribution in [0.25, 0.3) is 11.5 Å². The van der Waals surface area contributed by atoms with Crippen molar-refractivity contribution in [1.29, 1.82) is 0 Å². The van der Waals surface area contributed by atoms with E-state index in [0.29, 0.717) is 11.3 Å². The normalized spacial score (nSPS) is 16.4. The standard InChI is InChI=1S/C13H15N3O3S/c14-13(17)9-5-11(19-7-9)10-8-20-12(15-10)6-16-1-3-18-4-2-16/h5,7-8H,1-4,6H2,(H2,14,17). The highest BCUT2D eigenvalue weighted by atomic mass is 32.1. The van der Waals surface area contributed by atoms with Crippen molar-refractivity contribution in [3.05, 3.63) is 28.3 Å². The lowest BCUT2D eigenvalue weighted by molar-refractivity contribution is 0.0341. The van der Waals surface area contributed by atoms with Crippen LogP contribution in [0, 0.1) is 0 Å². The average Bonchev–Trinajstić information content (AvgIpc) is 3.08. The predicted molar refractivity (Wildman–Crippen MR) is 74.4 cm³/mol. The first kappa shape index (κ1) is 13.3. The van der Waals surface area contributed by atoms with Gasteiger partial charge in [0.05, 0.1) is 25.3 Å². The molecule has 1 saturated heterocycles. The SMILES string of the molecule is NC(=O)c1coc(-c2csc(CN3CCOCC3)n2)c1. The van der Waals surface area contributed by atoms with E-state index < -0.39 is 5.91 Å². The summed E-state index contributed by atoms with van der Waals surface area (Å²) in [5.41, 5.74) is 6.30. The van der Waals surface area contributed by atoms with Gasteiger partial charge in [0, 0.05) is 18.5 Å². The number of carbonyl (C=O) groups excluding carboxylic acids is 1. The molecule has 7 heteroatoms. The van der Waals surface area contributed by atoms with E-state index in [2.05, 4.69) is 9.88 Å². The molecule has 3 rings (SSSR count). The molecule has 0 saturated carbocycles. The van der Waals surface area contributed by atoms with Crippen molar-refractivity contribution in [2.75, 3.05) is 26.3 Å². The molecule has 0 radical (unpaired) electrons. The Morgan fingerprint density at radius 3 is 2.95 bits per heavy atom. The summed E-state index contributed by atoms with van der Waals surface area (Å²) >= 11 is 1.59. The van der Waals surface area contributed by atoms with E-state index in [-0.39, 0.29) is 0 Å². The molecule has 106 valence electrons. The molecule has 2 aromatic rings. The number of nitrogens with two attached hydrogens (primary N) is 1. The number of carbonyl (C=O) groups is 1. The molecule has 1 aliphatic rings. The minimum atomic E-state index is -0.497. The van der Waals surface area contributed by atoms with Gasteiger partial charge in [-0.1, -0.05) is 0 Å². The molecule has 0 aromatic carbocycles. The molecule has 0 bridgehead atoms. The Labute approximate surface area is 120 Å². The number of amides is 1. The predicted octanol–water partition coefficient (Wildman–Crippen LogP) is 1.33. The number of aromatic nitrogens is 1. The summed E-state index contributed by atoms with van der Waals surface area (Å²) in [6.45, 7) is 4.23. The van der Waals surface area contributed by atoms with E-state index in [9.17, 15) is 4.79 Å². The number of rotatable bonds is 4. The summed E-state index contributed by atoms with van der Waals surface area (Å²) < 4.78 is 10.6. The van der Waals surface area contributed by atoms with Crippen molar-refractivity contribution >= 4 is 17.2 Å². The molecule has 0 unspecified atom stereocenters. The fourth-order valence-corrected chi connectivity index (χ4v) is 2.87.